The number of alkyl halides is 1. The molecule has 0 bridgehead atoms. The van der Waals surface area contributed by atoms with Crippen molar-refractivity contribution in [3.63, 3.8) is 0 Å². The van der Waals surface area contributed by atoms with Crippen molar-refractivity contribution in [1.82, 2.24) is 10.2 Å². The van der Waals surface area contributed by atoms with Crippen LogP contribution in [0.3, 0.4) is 0 Å². The molecule has 4 rings (SSSR count). The van der Waals surface area contributed by atoms with Gasteiger partial charge in [0.1, 0.15) is 24.6 Å². The number of aliphatic hydroxyl groups is 3. The zero-order valence-corrected chi connectivity index (χ0v) is 18.4. The van der Waals surface area contributed by atoms with Gasteiger partial charge in [-0.25, -0.2) is 8.96 Å². The van der Waals surface area contributed by atoms with E-state index < -0.39 is 51.0 Å². The van der Waals surface area contributed by atoms with Crippen molar-refractivity contribution in [2.75, 3.05) is 6.61 Å². The number of benzene rings is 1. The van der Waals surface area contributed by atoms with E-state index in [1.54, 1.807) is 13.0 Å². The van der Waals surface area contributed by atoms with Crippen LogP contribution in [0.4, 0.5) is 4.39 Å². The Balaban J connectivity index is 1.48. The third-order valence-corrected chi connectivity index (χ3v) is 6.70. The zero-order chi connectivity index (χ0) is 23.4. The number of phosphoric ester groups is 1. The van der Waals surface area contributed by atoms with E-state index in [0.29, 0.717) is 16.9 Å². The molecular formula is C19H24FN2O9P. The second-order valence-corrected chi connectivity index (χ2v) is 9.59. The van der Waals surface area contributed by atoms with Gasteiger partial charge in [0.2, 0.25) is 6.35 Å². The zero-order valence-electron chi connectivity index (χ0n) is 17.5. The highest BCUT2D eigenvalue weighted by atomic mass is 31.2. The van der Waals surface area contributed by atoms with Gasteiger partial charge in [0.05, 0.1) is 6.61 Å². The van der Waals surface area contributed by atoms with E-state index in [9.17, 15) is 24.7 Å². The number of fused-ring (bicyclic) bond motifs is 1. The average molecular weight is 474 g/mol. The van der Waals surface area contributed by atoms with Crippen molar-refractivity contribution >= 4 is 13.7 Å². The normalized spacial score (nSPS) is 36.9. The molecule has 1 saturated heterocycles. The van der Waals surface area contributed by atoms with E-state index in [4.69, 9.17) is 18.3 Å². The Morgan fingerprint density at radius 2 is 2.03 bits per heavy atom. The van der Waals surface area contributed by atoms with Crippen molar-refractivity contribution in [2.24, 2.45) is 0 Å². The second kappa shape index (κ2) is 8.07. The molecule has 1 amide bonds. The lowest BCUT2D eigenvalue weighted by atomic mass is 10.1. The predicted molar refractivity (Wildman–Crippen MR) is 105 cm³/mol. The van der Waals surface area contributed by atoms with Crippen molar-refractivity contribution in [3.05, 3.63) is 40.6 Å². The molecule has 3 heterocycles. The Bertz CT molecular complexity index is 1020. The molecule has 32 heavy (non-hydrogen) atoms. The lowest BCUT2D eigenvalue weighted by Gasteiger charge is -2.36. The molecule has 0 radical (unpaired) electrons. The van der Waals surface area contributed by atoms with Crippen molar-refractivity contribution in [1.29, 1.82) is 0 Å². The smallest absolute Gasteiger partial charge is 0.403 e. The van der Waals surface area contributed by atoms with Crippen molar-refractivity contribution in [3.8, 4) is 5.75 Å². The van der Waals surface area contributed by atoms with E-state index in [1.165, 1.54) is 6.92 Å². The number of aryl methyl sites for hydroxylation is 2. The van der Waals surface area contributed by atoms with Gasteiger partial charge in [0.15, 0.2) is 6.23 Å². The fourth-order valence-electron chi connectivity index (χ4n) is 3.78. The van der Waals surface area contributed by atoms with Gasteiger partial charge in [-0.1, -0.05) is 17.7 Å². The fourth-order valence-corrected chi connectivity index (χ4v) is 5.07. The number of hydrogen-bond donors (Lipinski definition) is 4. The van der Waals surface area contributed by atoms with Gasteiger partial charge in [-0.05, 0) is 26.3 Å². The fraction of sp³-hybridized carbons (Fsp3) is 0.526. The summed E-state index contributed by atoms with van der Waals surface area (Å²) in [4.78, 5) is 12.5. The van der Waals surface area contributed by atoms with Crippen LogP contribution in [0.2, 0.25) is 0 Å². The highest BCUT2D eigenvalue weighted by Gasteiger charge is 2.59. The molecule has 176 valence electrons. The first-order valence-corrected chi connectivity index (χ1v) is 11.2. The number of ether oxygens (including phenoxy) is 1. The van der Waals surface area contributed by atoms with Crippen LogP contribution in [0, 0.1) is 13.8 Å². The van der Waals surface area contributed by atoms with Crippen LogP contribution in [0.25, 0.3) is 0 Å². The van der Waals surface area contributed by atoms with E-state index in [0.717, 1.165) is 16.7 Å². The third-order valence-electron chi connectivity index (χ3n) is 5.41. The van der Waals surface area contributed by atoms with E-state index >= 15 is 4.39 Å². The highest BCUT2D eigenvalue weighted by molar-refractivity contribution is 7.49. The molecule has 11 nitrogen and oxygen atoms in total. The van der Waals surface area contributed by atoms with Gasteiger partial charge in [-0.3, -0.25) is 13.8 Å². The molecule has 3 aliphatic rings. The first-order chi connectivity index (χ1) is 14.9. The topological polar surface area (TPSA) is 147 Å². The number of rotatable bonds is 4. The van der Waals surface area contributed by atoms with E-state index in [2.05, 4.69) is 5.32 Å². The molecule has 4 N–H and O–H groups in total. The number of phosphoric acid groups is 1. The van der Waals surface area contributed by atoms with Crippen LogP contribution in [-0.2, 0) is 29.8 Å². The van der Waals surface area contributed by atoms with E-state index in [-0.39, 0.29) is 12.2 Å². The summed E-state index contributed by atoms with van der Waals surface area (Å²) < 4.78 is 49.1. The summed E-state index contributed by atoms with van der Waals surface area (Å²) in [5.41, 5.74) is 2.46. The van der Waals surface area contributed by atoms with Crippen LogP contribution in [0.15, 0.2) is 23.9 Å². The maximum absolute atomic E-state index is 15.4. The minimum atomic E-state index is -4.26. The SMILES string of the molecule is CC1=CN([C@@H]2O[C@](F)(COP3(=O)OCc4cc(C)cc(C)c4O3)[C@@H](O)[C@H]2O)C(O)NC1=O. The second-order valence-electron chi connectivity index (χ2n) is 7.99. The summed E-state index contributed by atoms with van der Waals surface area (Å²) in [5.74, 6) is -3.27. The van der Waals surface area contributed by atoms with Crippen LogP contribution in [-0.4, -0.2) is 63.4 Å². The van der Waals surface area contributed by atoms with Gasteiger partial charge in [0.25, 0.3) is 11.8 Å². The molecule has 13 heteroatoms. The number of halogens is 1. The Labute approximate surface area is 182 Å². The van der Waals surface area contributed by atoms with Crippen LogP contribution < -0.4 is 9.84 Å². The molecule has 0 saturated carbocycles. The van der Waals surface area contributed by atoms with Crippen LogP contribution in [0.1, 0.15) is 23.6 Å². The van der Waals surface area contributed by atoms with Gasteiger partial charge in [-0.15, -0.1) is 0 Å². The Morgan fingerprint density at radius 3 is 2.75 bits per heavy atom. The van der Waals surface area contributed by atoms with Crippen LogP contribution in [0.5, 0.6) is 5.75 Å². The maximum Gasteiger partial charge on any atom is 0.530 e. The standard InChI is InChI=1S/C19H24FN2O9P/c1-9-4-10(2)14-12(5-9)7-28-32(27,31-14)29-8-19(20)15(24)13(23)17(30-19)22-6-11(3)16(25)21-18(22)26/h4-6,13,15,17-18,23-24,26H,7-8H2,1-3H3,(H,21,25)/t13-,15+,17-,18?,19-,32?/m1/s1. The molecule has 1 aromatic carbocycles. The number of amides is 1. The monoisotopic (exact) mass is 474 g/mol. The lowest BCUT2D eigenvalue weighted by molar-refractivity contribution is -0.225. The van der Waals surface area contributed by atoms with Gasteiger partial charge >= 0.3 is 7.82 Å². The molecule has 0 spiro atoms. The van der Waals surface area contributed by atoms with Gasteiger partial charge in [0, 0.05) is 17.3 Å². The first kappa shape index (κ1) is 23.1. The number of carbonyl (C=O) groups is 1. The Morgan fingerprint density at radius 1 is 1.31 bits per heavy atom. The quantitative estimate of drug-likeness (QED) is 0.460. The van der Waals surface area contributed by atoms with Gasteiger partial charge < -0.3 is 34.8 Å². The molecule has 3 aliphatic heterocycles. The predicted octanol–water partition coefficient (Wildman–Crippen LogP) is 0.693. The molecular weight excluding hydrogens is 450 g/mol. The summed E-state index contributed by atoms with van der Waals surface area (Å²) >= 11 is 0. The maximum atomic E-state index is 15.4. The number of nitrogens with one attached hydrogen (secondary N) is 1. The van der Waals surface area contributed by atoms with E-state index in [1.807, 2.05) is 13.0 Å². The summed E-state index contributed by atoms with van der Waals surface area (Å²) in [5, 5.41) is 32.8. The van der Waals surface area contributed by atoms with Crippen molar-refractivity contribution < 1.29 is 47.4 Å². The third kappa shape index (κ3) is 4.03. The Kier molecular flexibility index (Phi) is 5.83. The first-order valence-electron chi connectivity index (χ1n) is 9.79. The molecule has 2 unspecified atom stereocenters. The number of hydrogen-bond acceptors (Lipinski definition) is 10. The molecule has 0 aliphatic carbocycles. The molecule has 0 aromatic heterocycles. The number of carbonyl (C=O) groups excluding carboxylic acids is 1. The number of nitrogens with zero attached hydrogens (tertiary/aromatic N) is 1. The summed E-state index contributed by atoms with van der Waals surface area (Å²) in [7, 11) is -4.26. The highest BCUT2D eigenvalue weighted by Crippen LogP contribution is 2.56. The van der Waals surface area contributed by atoms with Crippen LogP contribution >= 0.6 is 7.82 Å². The minimum Gasteiger partial charge on any atom is -0.403 e. The molecule has 1 aromatic rings. The lowest BCUT2D eigenvalue weighted by Crippen LogP contribution is -2.56. The van der Waals surface area contributed by atoms with Crippen molar-refractivity contribution in [2.45, 2.75) is 58.0 Å². The average Bonchev–Trinajstić information content (AvgIpc) is 2.95. The van der Waals surface area contributed by atoms with Gasteiger partial charge in [-0.2, -0.15) is 0 Å². The summed E-state index contributed by atoms with van der Waals surface area (Å²) in [6.45, 7) is 3.88. The minimum absolute atomic E-state index is 0.0905. The summed E-state index contributed by atoms with van der Waals surface area (Å²) in [6, 6.07) is 3.61. The molecule has 6 atom stereocenters. The molecule has 1 fully saturated rings. The Hall–Kier alpha value is -2.05. The largest absolute Gasteiger partial charge is 0.530 e. The summed E-state index contributed by atoms with van der Waals surface area (Å²) in [6.07, 6.45) is -6.01. The number of aliphatic hydroxyl groups excluding tert-OH is 3.